The lowest BCUT2D eigenvalue weighted by molar-refractivity contribution is 0.579. The quantitative estimate of drug-likeness (QED) is 0.936. The molecule has 1 atom stereocenters. The van der Waals surface area contributed by atoms with Crippen LogP contribution in [0.25, 0.3) is 0 Å². The Labute approximate surface area is 114 Å². The number of nitrogens with one attached hydrogen (secondary N) is 1. The van der Waals surface area contributed by atoms with Gasteiger partial charge in [-0.1, -0.05) is 23.2 Å². The molecule has 0 fully saturated rings. The van der Waals surface area contributed by atoms with E-state index in [2.05, 4.69) is 10.4 Å². The van der Waals surface area contributed by atoms with Crippen molar-refractivity contribution in [2.45, 2.75) is 12.5 Å². The van der Waals surface area contributed by atoms with Crippen molar-refractivity contribution in [1.29, 1.82) is 0 Å². The van der Waals surface area contributed by atoms with Crippen LogP contribution in [0.5, 0.6) is 0 Å². The van der Waals surface area contributed by atoms with Crippen molar-refractivity contribution in [3.05, 3.63) is 38.3 Å². The molecule has 0 aliphatic rings. The molecule has 17 heavy (non-hydrogen) atoms. The Morgan fingerprint density at radius 1 is 1.53 bits per heavy atom. The molecule has 0 aliphatic heterocycles. The molecule has 0 aromatic carbocycles. The molecule has 92 valence electrons. The Balaban J connectivity index is 2.19. The van der Waals surface area contributed by atoms with E-state index < -0.39 is 0 Å². The third-order valence-corrected chi connectivity index (χ3v) is 4.11. The topological polar surface area (TPSA) is 29.9 Å². The summed E-state index contributed by atoms with van der Waals surface area (Å²) in [6.45, 7) is 0. The van der Waals surface area contributed by atoms with Gasteiger partial charge in [0.25, 0.3) is 0 Å². The predicted octanol–water partition coefficient (Wildman–Crippen LogP) is 3.29. The molecular weight excluding hydrogens is 277 g/mol. The van der Waals surface area contributed by atoms with Crippen LogP contribution in [0.3, 0.4) is 0 Å². The summed E-state index contributed by atoms with van der Waals surface area (Å²) in [5.74, 6) is 0. The Morgan fingerprint density at radius 2 is 2.29 bits per heavy atom. The first kappa shape index (κ1) is 12.9. The average molecular weight is 290 g/mol. The molecule has 2 aromatic rings. The zero-order valence-electron chi connectivity index (χ0n) is 9.58. The standard InChI is InChI=1S/C11H13Cl2N3S/c1-14-9(5-7-3-4-16(2)15-7)8-6-10(12)17-11(8)13/h3-4,6,9,14H,5H2,1-2H3. The number of hydrogen-bond acceptors (Lipinski definition) is 3. The number of thiophene rings is 1. The highest BCUT2D eigenvalue weighted by Gasteiger charge is 2.17. The molecule has 1 unspecified atom stereocenters. The van der Waals surface area contributed by atoms with Crippen LogP contribution >= 0.6 is 34.5 Å². The van der Waals surface area contributed by atoms with Crippen molar-refractivity contribution in [3.63, 3.8) is 0 Å². The third kappa shape index (κ3) is 3.01. The van der Waals surface area contributed by atoms with Gasteiger partial charge in [0.2, 0.25) is 0 Å². The third-order valence-electron chi connectivity index (χ3n) is 2.59. The average Bonchev–Trinajstić information content (AvgIpc) is 2.82. The first-order chi connectivity index (χ1) is 8.10. The molecule has 0 radical (unpaired) electrons. The molecule has 2 rings (SSSR count). The number of likely N-dealkylation sites (N-methyl/N-ethyl adjacent to an activating group) is 1. The van der Waals surface area contributed by atoms with Crippen molar-refractivity contribution in [2.75, 3.05) is 7.05 Å². The van der Waals surface area contributed by atoms with Gasteiger partial charge in [0.15, 0.2) is 0 Å². The van der Waals surface area contributed by atoms with E-state index in [-0.39, 0.29) is 6.04 Å². The highest BCUT2D eigenvalue weighted by molar-refractivity contribution is 7.20. The van der Waals surface area contributed by atoms with Gasteiger partial charge in [0.1, 0.15) is 0 Å². The first-order valence-corrected chi connectivity index (χ1v) is 6.78. The number of nitrogens with zero attached hydrogens (tertiary/aromatic N) is 2. The van der Waals surface area contributed by atoms with Crippen molar-refractivity contribution in [3.8, 4) is 0 Å². The van der Waals surface area contributed by atoms with Crippen molar-refractivity contribution in [2.24, 2.45) is 7.05 Å². The van der Waals surface area contributed by atoms with Gasteiger partial charge in [-0.3, -0.25) is 4.68 Å². The Kier molecular flexibility index (Phi) is 4.09. The SMILES string of the molecule is CNC(Cc1ccn(C)n1)c1cc(Cl)sc1Cl. The maximum absolute atomic E-state index is 6.16. The van der Waals surface area contributed by atoms with Crippen LogP contribution in [-0.4, -0.2) is 16.8 Å². The first-order valence-electron chi connectivity index (χ1n) is 5.20. The maximum atomic E-state index is 6.16. The van der Waals surface area contributed by atoms with E-state index in [1.54, 1.807) is 4.68 Å². The molecule has 2 aromatic heterocycles. The van der Waals surface area contributed by atoms with Gasteiger partial charge in [0.05, 0.1) is 14.4 Å². The van der Waals surface area contributed by atoms with E-state index in [0.717, 1.165) is 22.0 Å². The lowest BCUT2D eigenvalue weighted by Crippen LogP contribution is -2.18. The highest BCUT2D eigenvalue weighted by atomic mass is 35.5. The minimum atomic E-state index is 0.140. The van der Waals surface area contributed by atoms with E-state index in [0.29, 0.717) is 4.34 Å². The zero-order valence-corrected chi connectivity index (χ0v) is 11.9. The lowest BCUT2D eigenvalue weighted by atomic mass is 10.1. The van der Waals surface area contributed by atoms with Gasteiger partial charge in [-0.05, 0) is 19.2 Å². The number of aromatic nitrogens is 2. The molecule has 2 heterocycles. The van der Waals surface area contributed by atoms with Gasteiger partial charge >= 0.3 is 0 Å². The molecule has 0 saturated heterocycles. The molecule has 0 saturated carbocycles. The largest absolute Gasteiger partial charge is 0.313 e. The summed E-state index contributed by atoms with van der Waals surface area (Å²) in [4.78, 5) is 0. The molecule has 6 heteroatoms. The van der Waals surface area contributed by atoms with Crippen LogP contribution in [0.1, 0.15) is 17.3 Å². The van der Waals surface area contributed by atoms with Gasteiger partial charge in [0, 0.05) is 31.3 Å². The Hall–Kier alpha value is -0.550. The lowest BCUT2D eigenvalue weighted by Gasteiger charge is -2.14. The smallest absolute Gasteiger partial charge is 0.0992 e. The fourth-order valence-corrected chi connectivity index (χ4v) is 3.32. The van der Waals surface area contributed by atoms with Gasteiger partial charge in [-0.25, -0.2) is 0 Å². The fourth-order valence-electron chi connectivity index (χ4n) is 1.74. The van der Waals surface area contributed by atoms with E-state index in [9.17, 15) is 0 Å². The predicted molar refractivity (Wildman–Crippen MR) is 73.1 cm³/mol. The number of aryl methyl sites for hydroxylation is 1. The van der Waals surface area contributed by atoms with Gasteiger partial charge in [-0.2, -0.15) is 5.10 Å². The number of rotatable bonds is 4. The van der Waals surface area contributed by atoms with Crippen molar-refractivity contribution < 1.29 is 0 Å². The number of halogens is 2. The summed E-state index contributed by atoms with van der Waals surface area (Å²) in [5.41, 5.74) is 2.07. The van der Waals surface area contributed by atoms with E-state index in [1.807, 2.05) is 32.4 Å². The van der Waals surface area contributed by atoms with Crippen LogP contribution < -0.4 is 5.32 Å². The zero-order chi connectivity index (χ0) is 12.4. The number of hydrogen-bond donors (Lipinski definition) is 1. The van der Waals surface area contributed by atoms with Crippen molar-refractivity contribution in [1.82, 2.24) is 15.1 Å². The van der Waals surface area contributed by atoms with Gasteiger partial charge < -0.3 is 5.32 Å². The summed E-state index contributed by atoms with van der Waals surface area (Å²) in [7, 11) is 3.82. The second kappa shape index (κ2) is 5.40. The maximum Gasteiger partial charge on any atom is 0.0992 e. The van der Waals surface area contributed by atoms with Gasteiger partial charge in [-0.15, -0.1) is 11.3 Å². The minimum Gasteiger partial charge on any atom is -0.313 e. The molecule has 3 nitrogen and oxygen atoms in total. The molecule has 0 amide bonds. The van der Waals surface area contributed by atoms with Crippen LogP contribution in [0.15, 0.2) is 18.3 Å². The molecule has 0 spiro atoms. The van der Waals surface area contributed by atoms with Crippen molar-refractivity contribution >= 4 is 34.5 Å². The summed E-state index contributed by atoms with van der Waals surface area (Å²) in [5, 5.41) is 7.61. The molecule has 0 aliphatic carbocycles. The summed E-state index contributed by atoms with van der Waals surface area (Å²) in [6.07, 6.45) is 2.73. The highest BCUT2D eigenvalue weighted by Crippen LogP contribution is 2.35. The minimum absolute atomic E-state index is 0.140. The van der Waals surface area contributed by atoms with E-state index >= 15 is 0 Å². The normalized spacial score (nSPS) is 12.9. The van der Waals surface area contributed by atoms with Crippen LogP contribution in [0, 0.1) is 0 Å². The Bertz CT molecular complexity index is 507. The molecule has 0 bridgehead atoms. The van der Waals surface area contributed by atoms with Crippen LogP contribution in [0.4, 0.5) is 0 Å². The summed E-state index contributed by atoms with van der Waals surface area (Å²) in [6, 6.07) is 4.06. The van der Waals surface area contributed by atoms with E-state index in [4.69, 9.17) is 23.2 Å². The van der Waals surface area contributed by atoms with E-state index in [1.165, 1.54) is 11.3 Å². The fraction of sp³-hybridized carbons (Fsp3) is 0.364. The second-order valence-electron chi connectivity index (χ2n) is 3.81. The molecule has 1 N–H and O–H groups in total. The van der Waals surface area contributed by atoms with Crippen LogP contribution in [-0.2, 0) is 13.5 Å². The second-order valence-corrected chi connectivity index (χ2v) is 6.09. The molecular formula is C11H13Cl2N3S. The Morgan fingerprint density at radius 3 is 2.76 bits per heavy atom. The monoisotopic (exact) mass is 289 g/mol. The summed E-state index contributed by atoms with van der Waals surface area (Å²) < 4.78 is 3.25. The van der Waals surface area contributed by atoms with Crippen LogP contribution in [0.2, 0.25) is 8.67 Å². The summed E-state index contributed by atoms with van der Waals surface area (Å²) >= 11 is 13.5.